The number of hydrogen-bond acceptors (Lipinski definition) is 3. The number of fused-ring (bicyclic) bond motifs is 2. The molecule has 0 amide bonds. The topological polar surface area (TPSA) is 63.1 Å². The Kier molecular flexibility index (Phi) is 7.30. The minimum Gasteiger partial charge on any atom is -0.480 e. The number of hydrogen-bond donors (Lipinski definition) is 1. The molecule has 0 unspecified atom stereocenters. The SMILES string of the molecule is CCCC(C(=O)O)(c1ccc(Cc2ccc3ccccc3n2)cc1)c1ccc(Cc2ccc3ccccc3n2)cc1. The lowest BCUT2D eigenvalue weighted by Crippen LogP contribution is -2.37. The van der Waals surface area contributed by atoms with E-state index in [1.54, 1.807) is 0 Å². The largest absolute Gasteiger partial charge is 0.480 e. The molecule has 0 bridgehead atoms. The summed E-state index contributed by atoms with van der Waals surface area (Å²) in [6.07, 6.45) is 2.64. The van der Waals surface area contributed by atoms with Crippen LogP contribution in [0.4, 0.5) is 0 Å². The normalized spacial score (nSPS) is 11.6. The van der Waals surface area contributed by atoms with Gasteiger partial charge in [-0.3, -0.25) is 14.8 Å². The molecule has 0 radical (unpaired) electrons. The summed E-state index contributed by atoms with van der Waals surface area (Å²) in [7, 11) is 0. The van der Waals surface area contributed by atoms with E-state index in [9.17, 15) is 9.90 Å². The van der Waals surface area contributed by atoms with E-state index in [1.165, 1.54) is 0 Å². The Hall–Kier alpha value is -4.83. The molecule has 0 saturated heterocycles. The average Bonchev–Trinajstić information content (AvgIpc) is 3.00. The highest BCUT2D eigenvalue weighted by Crippen LogP contribution is 2.38. The third-order valence-corrected chi connectivity index (χ3v) is 7.97. The summed E-state index contributed by atoms with van der Waals surface area (Å²) >= 11 is 0. The zero-order chi connectivity index (χ0) is 28.2. The van der Waals surface area contributed by atoms with Crippen LogP contribution >= 0.6 is 0 Å². The summed E-state index contributed by atoms with van der Waals surface area (Å²) in [6, 6.07) is 40.6. The second-order valence-corrected chi connectivity index (χ2v) is 10.7. The maximum atomic E-state index is 13.0. The molecule has 0 saturated carbocycles. The summed E-state index contributed by atoms with van der Waals surface area (Å²) in [6.45, 7) is 2.04. The lowest BCUT2D eigenvalue weighted by molar-refractivity contribution is -0.142. The predicted molar refractivity (Wildman–Crippen MR) is 165 cm³/mol. The van der Waals surface area contributed by atoms with Crippen molar-refractivity contribution in [2.24, 2.45) is 0 Å². The van der Waals surface area contributed by atoms with Crippen molar-refractivity contribution in [1.29, 1.82) is 0 Å². The molecule has 0 spiro atoms. The number of aliphatic carboxylic acids is 1. The number of aromatic nitrogens is 2. The fraction of sp³-hybridized carbons (Fsp3) is 0.162. The number of benzene rings is 4. The minimum absolute atomic E-state index is 0.513. The van der Waals surface area contributed by atoms with Crippen LogP contribution in [0.15, 0.2) is 121 Å². The molecule has 6 rings (SSSR count). The highest BCUT2D eigenvalue weighted by atomic mass is 16.4. The van der Waals surface area contributed by atoms with Gasteiger partial charge in [0.15, 0.2) is 0 Å². The molecule has 0 aliphatic rings. The van der Waals surface area contributed by atoms with Gasteiger partial charge in [0, 0.05) is 35.0 Å². The lowest BCUT2D eigenvalue weighted by Gasteiger charge is -2.31. The zero-order valence-corrected chi connectivity index (χ0v) is 23.1. The Labute approximate surface area is 240 Å². The number of rotatable bonds is 9. The van der Waals surface area contributed by atoms with Crippen LogP contribution in [0.1, 0.15) is 53.4 Å². The standard InChI is InChI=1S/C37H32N2O2/c1-2-23-37(36(40)41,30-17-11-26(12-18-30)24-32-21-15-28-7-3-5-9-34(28)38-32)31-19-13-27(14-20-31)25-33-22-16-29-8-4-6-10-35(29)39-33/h3-22H,2,23-25H2,1H3,(H,40,41). The lowest BCUT2D eigenvalue weighted by atomic mass is 9.71. The molecule has 1 N–H and O–H groups in total. The molecule has 0 aliphatic heterocycles. The first-order valence-corrected chi connectivity index (χ1v) is 14.2. The molecule has 41 heavy (non-hydrogen) atoms. The third-order valence-electron chi connectivity index (χ3n) is 7.97. The Morgan fingerprint density at radius 2 is 1.05 bits per heavy atom. The number of para-hydroxylation sites is 2. The molecular formula is C37H32N2O2. The molecule has 2 heterocycles. The van der Waals surface area contributed by atoms with E-state index in [0.717, 1.165) is 61.9 Å². The van der Waals surface area contributed by atoms with Crippen LogP contribution in [-0.4, -0.2) is 21.0 Å². The van der Waals surface area contributed by atoms with Gasteiger partial charge in [-0.1, -0.05) is 110 Å². The van der Waals surface area contributed by atoms with Gasteiger partial charge in [0.05, 0.1) is 11.0 Å². The van der Waals surface area contributed by atoms with Gasteiger partial charge in [0.2, 0.25) is 0 Å². The van der Waals surface area contributed by atoms with Crippen LogP contribution in [-0.2, 0) is 23.1 Å². The Bertz CT molecular complexity index is 1700. The van der Waals surface area contributed by atoms with Gasteiger partial charge in [-0.25, -0.2) is 0 Å². The molecule has 4 aromatic carbocycles. The summed E-state index contributed by atoms with van der Waals surface area (Å²) in [4.78, 5) is 22.6. The van der Waals surface area contributed by atoms with Crippen molar-refractivity contribution in [2.45, 2.75) is 38.0 Å². The van der Waals surface area contributed by atoms with Crippen LogP contribution in [0.3, 0.4) is 0 Å². The fourth-order valence-corrected chi connectivity index (χ4v) is 5.83. The summed E-state index contributed by atoms with van der Waals surface area (Å²) in [5.74, 6) is -0.827. The Morgan fingerprint density at radius 3 is 1.46 bits per heavy atom. The van der Waals surface area contributed by atoms with E-state index < -0.39 is 11.4 Å². The molecule has 4 nitrogen and oxygen atoms in total. The third kappa shape index (κ3) is 5.33. The molecule has 0 fully saturated rings. The van der Waals surface area contributed by atoms with Crippen LogP contribution < -0.4 is 0 Å². The van der Waals surface area contributed by atoms with Crippen molar-refractivity contribution < 1.29 is 9.90 Å². The first-order valence-electron chi connectivity index (χ1n) is 14.2. The molecule has 0 atom stereocenters. The van der Waals surface area contributed by atoms with Crippen LogP contribution in [0, 0.1) is 0 Å². The van der Waals surface area contributed by atoms with Crippen molar-refractivity contribution >= 4 is 27.8 Å². The summed E-state index contributed by atoms with van der Waals surface area (Å²) < 4.78 is 0. The van der Waals surface area contributed by atoms with E-state index in [4.69, 9.17) is 9.97 Å². The van der Waals surface area contributed by atoms with Gasteiger partial charge in [-0.2, -0.15) is 0 Å². The van der Waals surface area contributed by atoms with E-state index in [0.29, 0.717) is 19.3 Å². The number of nitrogens with zero attached hydrogens (tertiary/aromatic N) is 2. The van der Waals surface area contributed by atoms with E-state index in [2.05, 4.69) is 36.4 Å². The fourth-order valence-electron chi connectivity index (χ4n) is 5.83. The van der Waals surface area contributed by atoms with Crippen LogP contribution in [0.2, 0.25) is 0 Å². The van der Waals surface area contributed by atoms with Gasteiger partial charge in [-0.05, 0) is 52.9 Å². The van der Waals surface area contributed by atoms with Crippen molar-refractivity contribution in [3.05, 3.63) is 155 Å². The van der Waals surface area contributed by atoms with Gasteiger partial charge < -0.3 is 5.11 Å². The van der Waals surface area contributed by atoms with Crippen molar-refractivity contribution in [1.82, 2.24) is 9.97 Å². The van der Waals surface area contributed by atoms with Crippen molar-refractivity contribution in [2.75, 3.05) is 0 Å². The number of carboxylic acid groups (broad SMARTS) is 1. The molecule has 6 aromatic rings. The number of carboxylic acids is 1. The maximum absolute atomic E-state index is 13.0. The van der Waals surface area contributed by atoms with Crippen molar-refractivity contribution in [3.8, 4) is 0 Å². The molecule has 2 aromatic heterocycles. The molecule has 4 heteroatoms. The zero-order valence-electron chi connectivity index (χ0n) is 23.1. The molecular weight excluding hydrogens is 504 g/mol. The smallest absolute Gasteiger partial charge is 0.318 e. The monoisotopic (exact) mass is 536 g/mol. The van der Waals surface area contributed by atoms with E-state index >= 15 is 0 Å². The second kappa shape index (κ2) is 11.3. The number of pyridine rings is 2. The Morgan fingerprint density at radius 1 is 0.610 bits per heavy atom. The van der Waals surface area contributed by atoms with Crippen LogP contribution in [0.5, 0.6) is 0 Å². The maximum Gasteiger partial charge on any atom is 0.318 e. The summed E-state index contributed by atoms with van der Waals surface area (Å²) in [5, 5.41) is 12.9. The quantitative estimate of drug-likeness (QED) is 0.203. The number of carbonyl (C=O) groups is 1. The van der Waals surface area contributed by atoms with E-state index in [-0.39, 0.29) is 0 Å². The van der Waals surface area contributed by atoms with Crippen LogP contribution in [0.25, 0.3) is 21.8 Å². The van der Waals surface area contributed by atoms with Gasteiger partial charge >= 0.3 is 5.97 Å². The predicted octanol–water partition coefficient (Wildman–Crippen LogP) is 8.14. The Balaban J connectivity index is 1.26. The molecule has 202 valence electrons. The second-order valence-electron chi connectivity index (χ2n) is 10.7. The minimum atomic E-state index is -1.12. The first-order chi connectivity index (χ1) is 20.0. The van der Waals surface area contributed by atoms with Gasteiger partial charge in [0.1, 0.15) is 5.41 Å². The van der Waals surface area contributed by atoms with Crippen molar-refractivity contribution in [3.63, 3.8) is 0 Å². The first kappa shape index (κ1) is 26.4. The summed E-state index contributed by atoms with van der Waals surface area (Å²) in [5.41, 5.74) is 6.63. The average molecular weight is 537 g/mol. The van der Waals surface area contributed by atoms with E-state index in [1.807, 2.05) is 91.9 Å². The van der Waals surface area contributed by atoms with Gasteiger partial charge in [-0.15, -0.1) is 0 Å². The van der Waals surface area contributed by atoms with Gasteiger partial charge in [0.25, 0.3) is 0 Å². The molecule has 0 aliphatic carbocycles. The highest BCUT2D eigenvalue weighted by Gasteiger charge is 2.41. The highest BCUT2D eigenvalue weighted by molar-refractivity contribution is 5.86.